The molecule has 1 aromatic carbocycles. The standard InChI is InChI=1S/C11H13ClN4/c1-16-10(14-15-11(16)13)6-5-8-3-2-4-9(12)7-8/h2-4,7H,5-6H2,1H3,(H2,13,15). The van der Waals surface area contributed by atoms with Crippen LogP contribution < -0.4 is 5.73 Å². The molecule has 1 aromatic heterocycles. The molecule has 2 N–H and O–H groups in total. The molecule has 0 saturated carbocycles. The van der Waals surface area contributed by atoms with Crippen molar-refractivity contribution < 1.29 is 0 Å². The van der Waals surface area contributed by atoms with Crippen LogP contribution in [0.25, 0.3) is 0 Å². The summed E-state index contributed by atoms with van der Waals surface area (Å²) in [6.07, 6.45) is 1.69. The van der Waals surface area contributed by atoms with E-state index in [-0.39, 0.29) is 0 Å². The van der Waals surface area contributed by atoms with Crippen LogP contribution >= 0.6 is 11.6 Å². The number of aromatic nitrogens is 3. The van der Waals surface area contributed by atoms with Crippen molar-refractivity contribution in [1.29, 1.82) is 0 Å². The van der Waals surface area contributed by atoms with E-state index in [9.17, 15) is 0 Å². The van der Waals surface area contributed by atoms with E-state index >= 15 is 0 Å². The highest BCUT2D eigenvalue weighted by molar-refractivity contribution is 6.30. The molecule has 0 aliphatic heterocycles. The molecular weight excluding hydrogens is 224 g/mol. The zero-order chi connectivity index (χ0) is 11.5. The van der Waals surface area contributed by atoms with E-state index in [2.05, 4.69) is 10.2 Å². The average Bonchev–Trinajstić information content (AvgIpc) is 2.57. The van der Waals surface area contributed by atoms with Crippen LogP contribution in [0, 0.1) is 0 Å². The Balaban J connectivity index is 2.05. The number of anilines is 1. The van der Waals surface area contributed by atoms with Crippen LogP contribution in [-0.4, -0.2) is 14.8 Å². The SMILES string of the molecule is Cn1c(N)nnc1CCc1cccc(Cl)c1. The van der Waals surface area contributed by atoms with Crippen molar-refractivity contribution in [1.82, 2.24) is 14.8 Å². The fraction of sp³-hybridized carbons (Fsp3) is 0.273. The maximum Gasteiger partial charge on any atom is 0.221 e. The second-order valence-corrected chi connectivity index (χ2v) is 4.10. The first-order valence-electron chi connectivity index (χ1n) is 5.05. The summed E-state index contributed by atoms with van der Waals surface area (Å²) in [4.78, 5) is 0. The molecule has 0 saturated heterocycles. The molecule has 0 bridgehead atoms. The molecule has 0 radical (unpaired) electrons. The van der Waals surface area contributed by atoms with Crippen molar-refractivity contribution in [3.05, 3.63) is 40.7 Å². The molecule has 84 valence electrons. The summed E-state index contributed by atoms with van der Waals surface area (Å²) in [6.45, 7) is 0. The number of hydrogen-bond acceptors (Lipinski definition) is 3. The lowest BCUT2D eigenvalue weighted by molar-refractivity contribution is 0.774. The van der Waals surface area contributed by atoms with Gasteiger partial charge in [-0.05, 0) is 24.1 Å². The van der Waals surface area contributed by atoms with Crippen LogP contribution in [0.2, 0.25) is 5.02 Å². The van der Waals surface area contributed by atoms with Crippen molar-refractivity contribution in [3.63, 3.8) is 0 Å². The Kier molecular flexibility index (Phi) is 3.10. The van der Waals surface area contributed by atoms with Crippen LogP contribution in [-0.2, 0) is 19.9 Å². The van der Waals surface area contributed by atoms with E-state index in [0.29, 0.717) is 5.95 Å². The molecule has 0 aliphatic rings. The van der Waals surface area contributed by atoms with Gasteiger partial charge in [-0.3, -0.25) is 0 Å². The fourth-order valence-corrected chi connectivity index (χ4v) is 1.75. The lowest BCUT2D eigenvalue weighted by atomic mass is 10.1. The highest BCUT2D eigenvalue weighted by Crippen LogP contribution is 2.13. The predicted octanol–water partition coefficient (Wildman–Crippen LogP) is 1.84. The zero-order valence-corrected chi connectivity index (χ0v) is 9.78. The van der Waals surface area contributed by atoms with E-state index < -0.39 is 0 Å². The Morgan fingerprint density at radius 2 is 2.12 bits per heavy atom. The van der Waals surface area contributed by atoms with Crippen LogP contribution in [0.3, 0.4) is 0 Å². The normalized spacial score (nSPS) is 10.6. The third-order valence-electron chi connectivity index (χ3n) is 2.53. The first-order valence-corrected chi connectivity index (χ1v) is 5.43. The van der Waals surface area contributed by atoms with E-state index in [1.165, 1.54) is 5.56 Å². The molecule has 1 heterocycles. The Morgan fingerprint density at radius 3 is 2.75 bits per heavy atom. The minimum Gasteiger partial charge on any atom is -0.368 e. The maximum atomic E-state index is 5.91. The van der Waals surface area contributed by atoms with E-state index in [1.807, 2.05) is 31.3 Å². The van der Waals surface area contributed by atoms with Crippen LogP contribution in [0.15, 0.2) is 24.3 Å². The number of halogens is 1. The number of nitrogens with zero attached hydrogens (tertiary/aromatic N) is 3. The summed E-state index contributed by atoms with van der Waals surface area (Å²) in [5, 5.41) is 8.58. The first-order chi connectivity index (χ1) is 7.66. The lowest BCUT2D eigenvalue weighted by Crippen LogP contribution is -2.03. The maximum absolute atomic E-state index is 5.91. The summed E-state index contributed by atoms with van der Waals surface area (Å²) in [6, 6.07) is 7.82. The molecule has 0 spiro atoms. The lowest BCUT2D eigenvalue weighted by Gasteiger charge is -2.02. The fourth-order valence-electron chi connectivity index (χ4n) is 1.54. The number of nitrogens with two attached hydrogens (primary N) is 1. The Hall–Kier alpha value is -1.55. The minimum atomic E-state index is 0.445. The second kappa shape index (κ2) is 4.53. The van der Waals surface area contributed by atoms with Gasteiger partial charge in [0, 0.05) is 18.5 Å². The molecule has 0 atom stereocenters. The molecule has 0 unspecified atom stereocenters. The number of aryl methyl sites for hydroxylation is 2. The van der Waals surface area contributed by atoms with Gasteiger partial charge in [-0.2, -0.15) is 0 Å². The van der Waals surface area contributed by atoms with Gasteiger partial charge in [0.1, 0.15) is 5.82 Å². The Labute approximate surface area is 99.1 Å². The van der Waals surface area contributed by atoms with Crippen molar-refractivity contribution in [3.8, 4) is 0 Å². The monoisotopic (exact) mass is 236 g/mol. The van der Waals surface area contributed by atoms with Gasteiger partial charge in [-0.1, -0.05) is 23.7 Å². The van der Waals surface area contributed by atoms with Crippen LogP contribution in [0.1, 0.15) is 11.4 Å². The Bertz CT molecular complexity index is 492. The van der Waals surface area contributed by atoms with Crippen molar-refractivity contribution >= 4 is 17.5 Å². The van der Waals surface area contributed by atoms with Crippen molar-refractivity contribution in [2.24, 2.45) is 7.05 Å². The van der Waals surface area contributed by atoms with E-state index in [1.54, 1.807) is 4.57 Å². The van der Waals surface area contributed by atoms with Gasteiger partial charge in [0.2, 0.25) is 5.95 Å². The quantitative estimate of drug-likeness (QED) is 0.885. The van der Waals surface area contributed by atoms with Gasteiger partial charge in [0.25, 0.3) is 0 Å². The molecule has 2 aromatic rings. The van der Waals surface area contributed by atoms with Gasteiger partial charge in [-0.25, -0.2) is 0 Å². The summed E-state index contributed by atoms with van der Waals surface area (Å²) in [5.74, 6) is 1.33. The molecule has 5 heteroatoms. The molecule has 2 rings (SSSR count). The molecule has 0 aliphatic carbocycles. The number of benzene rings is 1. The van der Waals surface area contributed by atoms with E-state index in [0.717, 1.165) is 23.7 Å². The summed E-state index contributed by atoms with van der Waals surface area (Å²) in [5.41, 5.74) is 6.79. The molecule has 0 fully saturated rings. The number of nitrogen functional groups attached to an aromatic ring is 1. The smallest absolute Gasteiger partial charge is 0.221 e. The highest BCUT2D eigenvalue weighted by atomic mass is 35.5. The van der Waals surface area contributed by atoms with Gasteiger partial charge >= 0.3 is 0 Å². The first kappa shape index (κ1) is 11.0. The molecule has 4 nitrogen and oxygen atoms in total. The summed E-state index contributed by atoms with van der Waals surface area (Å²) >= 11 is 5.91. The largest absolute Gasteiger partial charge is 0.368 e. The summed E-state index contributed by atoms with van der Waals surface area (Å²) < 4.78 is 1.80. The van der Waals surface area contributed by atoms with Crippen LogP contribution in [0.4, 0.5) is 5.95 Å². The molecule has 16 heavy (non-hydrogen) atoms. The van der Waals surface area contributed by atoms with Gasteiger partial charge in [0.15, 0.2) is 0 Å². The van der Waals surface area contributed by atoms with Gasteiger partial charge in [0.05, 0.1) is 0 Å². The topological polar surface area (TPSA) is 56.7 Å². The molecular formula is C11H13ClN4. The number of hydrogen-bond donors (Lipinski definition) is 1. The van der Waals surface area contributed by atoms with Crippen molar-refractivity contribution in [2.75, 3.05) is 5.73 Å². The van der Waals surface area contributed by atoms with Crippen LogP contribution in [0.5, 0.6) is 0 Å². The van der Waals surface area contributed by atoms with E-state index in [4.69, 9.17) is 17.3 Å². The zero-order valence-electron chi connectivity index (χ0n) is 9.02. The molecule has 0 amide bonds. The minimum absolute atomic E-state index is 0.445. The van der Waals surface area contributed by atoms with Gasteiger partial charge in [-0.15, -0.1) is 10.2 Å². The van der Waals surface area contributed by atoms with Crippen molar-refractivity contribution in [2.45, 2.75) is 12.8 Å². The number of rotatable bonds is 3. The second-order valence-electron chi connectivity index (χ2n) is 3.66. The summed E-state index contributed by atoms with van der Waals surface area (Å²) in [7, 11) is 1.86. The van der Waals surface area contributed by atoms with Gasteiger partial charge < -0.3 is 10.3 Å². The third kappa shape index (κ3) is 2.33. The highest BCUT2D eigenvalue weighted by Gasteiger charge is 2.05. The Morgan fingerprint density at radius 1 is 1.31 bits per heavy atom. The average molecular weight is 237 g/mol. The third-order valence-corrected chi connectivity index (χ3v) is 2.76. The predicted molar refractivity (Wildman–Crippen MR) is 64.3 cm³/mol.